The Morgan fingerprint density at radius 3 is 2.38 bits per heavy atom. The molecule has 3 aromatic carbocycles. The summed E-state index contributed by atoms with van der Waals surface area (Å²) in [6.45, 7) is 5.58. The molecule has 0 atom stereocenters. The fourth-order valence-electron chi connectivity index (χ4n) is 3.45. The number of nitrogens with zero attached hydrogens (tertiary/aromatic N) is 1. The van der Waals surface area contributed by atoms with Crippen LogP contribution in [0.2, 0.25) is 0 Å². The van der Waals surface area contributed by atoms with Crippen molar-refractivity contribution in [2.45, 2.75) is 26.4 Å². The summed E-state index contributed by atoms with van der Waals surface area (Å²) >= 11 is 0. The first kappa shape index (κ1) is 18.9. The Bertz CT molecular complexity index is 1220. The van der Waals surface area contributed by atoms with Gasteiger partial charge in [0, 0.05) is 11.5 Å². The van der Waals surface area contributed by atoms with Crippen LogP contribution < -0.4 is 4.74 Å². The van der Waals surface area contributed by atoms with Gasteiger partial charge in [0.05, 0.1) is 18.2 Å². The predicted molar refractivity (Wildman–Crippen MR) is 116 cm³/mol. The minimum Gasteiger partial charge on any atom is -0.481 e. The van der Waals surface area contributed by atoms with Crippen LogP contribution in [0.3, 0.4) is 0 Å². The van der Waals surface area contributed by atoms with Crippen LogP contribution in [0.4, 0.5) is 0 Å². The number of carbonyl (C=O) groups is 1. The molecule has 4 aromatic rings. The van der Waals surface area contributed by atoms with Gasteiger partial charge in [-0.05, 0) is 60.9 Å². The monoisotopic (exact) mass is 385 g/mol. The summed E-state index contributed by atoms with van der Waals surface area (Å²) in [7, 11) is 1.61. The number of ether oxygens (including phenoxy) is 2. The van der Waals surface area contributed by atoms with Gasteiger partial charge in [-0.2, -0.15) is 0 Å². The molecule has 0 fully saturated rings. The smallest absolute Gasteiger partial charge is 0.338 e. The second-order valence-electron chi connectivity index (χ2n) is 7.97. The van der Waals surface area contributed by atoms with Crippen molar-refractivity contribution in [3.05, 3.63) is 72.3 Å². The van der Waals surface area contributed by atoms with Crippen LogP contribution >= 0.6 is 0 Å². The quantitative estimate of drug-likeness (QED) is 0.405. The van der Waals surface area contributed by atoms with E-state index in [1.165, 1.54) is 0 Å². The van der Waals surface area contributed by atoms with Gasteiger partial charge in [-0.3, -0.25) is 0 Å². The molecule has 0 saturated carbocycles. The van der Waals surface area contributed by atoms with Crippen molar-refractivity contribution in [2.75, 3.05) is 7.11 Å². The third-order valence-electron chi connectivity index (χ3n) is 4.71. The van der Waals surface area contributed by atoms with Crippen LogP contribution in [0.5, 0.6) is 5.88 Å². The lowest BCUT2D eigenvalue weighted by Gasteiger charge is -2.19. The number of carbonyl (C=O) groups excluding carboxylic acids is 1. The number of benzene rings is 3. The standard InChI is InChI=1S/C25H23NO3/c1-25(2,3)29-24(27)17-12-13-22-21(14-17)20(15-23(26-22)28-4)19-11-7-9-16-8-5-6-10-18(16)19/h5-15H,1-4H3. The molecule has 4 heteroatoms. The number of fused-ring (bicyclic) bond motifs is 2. The van der Waals surface area contributed by atoms with Gasteiger partial charge in [0.15, 0.2) is 0 Å². The fourth-order valence-corrected chi connectivity index (χ4v) is 3.45. The molecule has 1 aromatic heterocycles. The molecule has 0 N–H and O–H groups in total. The van der Waals surface area contributed by atoms with Crippen LogP contribution in [0.25, 0.3) is 32.8 Å². The lowest BCUT2D eigenvalue weighted by atomic mass is 9.95. The highest BCUT2D eigenvalue weighted by atomic mass is 16.6. The van der Waals surface area contributed by atoms with Gasteiger partial charge in [-0.1, -0.05) is 42.5 Å². The summed E-state index contributed by atoms with van der Waals surface area (Å²) in [5, 5.41) is 3.16. The van der Waals surface area contributed by atoms with Crippen molar-refractivity contribution in [3.63, 3.8) is 0 Å². The molecular weight excluding hydrogens is 362 g/mol. The summed E-state index contributed by atoms with van der Waals surface area (Å²) < 4.78 is 11.0. The molecule has 0 radical (unpaired) electrons. The molecule has 0 saturated heterocycles. The average Bonchev–Trinajstić information content (AvgIpc) is 2.71. The molecule has 29 heavy (non-hydrogen) atoms. The molecule has 0 aliphatic heterocycles. The minimum absolute atomic E-state index is 0.348. The van der Waals surface area contributed by atoms with Gasteiger partial charge >= 0.3 is 5.97 Å². The fraction of sp³-hybridized carbons (Fsp3) is 0.200. The van der Waals surface area contributed by atoms with E-state index in [-0.39, 0.29) is 5.97 Å². The zero-order chi connectivity index (χ0) is 20.6. The van der Waals surface area contributed by atoms with Crippen molar-refractivity contribution < 1.29 is 14.3 Å². The van der Waals surface area contributed by atoms with Gasteiger partial charge in [0.1, 0.15) is 5.60 Å². The third kappa shape index (κ3) is 3.79. The second-order valence-corrected chi connectivity index (χ2v) is 7.97. The van der Waals surface area contributed by atoms with E-state index in [1.54, 1.807) is 13.2 Å². The van der Waals surface area contributed by atoms with Gasteiger partial charge < -0.3 is 9.47 Å². The second kappa shape index (κ2) is 7.21. The van der Waals surface area contributed by atoms with E-state index >= 15 is 0 Å². The van der Waals surface area contributed by atoms with Crippen molar-refractivity contribution >= 4 is 27.6 Å². The van der Waals surface area contributed by atoms with Gasteiger partial charge in [-0.25, -0.2) is 9.78 Å². The highest BCUT2D eigenvalue weighted by Crippen LogP contribution is 2.36. The summed E-state index contributed by atoms with van der Waals surface area (Å²) in [5.74, 6) is 0.185. The lowest BCUT2D eigenvalue weighted by molar-refractivity contribution is 0.00697. The molecule has 0 spiro atoms. The average molecular weight is 385 g/mol. The number of esters is 1. The molecular formula is C25H23NO3. The Balaban J connectivity index is 1.96. The summed E-state index contributed by atoms with van der Waals surface area (Å²) in [6.07, 6.45) is 0. The first-order valence-electron chi connectivity index (χ1n) is 9.56. The summed E-state index contributed by atoms with van der Waals surface area (Å²) in [4.78, 5) is 17.2. The van der Waals surface area contributed by atoms with Crippen LogP contribution in [0, 0.1) is 0 Å². The number of rotatable bonds is 3. The van der Waals surface area contributed by atoms with Crippen LogP contribution in [0.15, 0.2) is 66.7 Å². The lowest BCUT2D eigenvalue weighted by Crippen LogP contribution is -2.23. The maximum absolute atomic E-state index is 12.6. The zero-order valence-electron chi connectivity index (χ0n) is 17.0. The van der Waals surface area contributed by atoms with E-state index in [4.69, 9.17) is 9.47 Å². The number of hydrogen-bond acceptors (Lipinski definition) is 4. The SMILES string of the molecule is COc1cc(-c2cccc3ccccc23)c2cc(C(=O)OC(C)(C)C)ccc2n1. The Morgan fingerprint density at radius 2 is 1.62 bits per heavy atom. The highest BCUT2D eigenvalue weighted by Gasteiger charge is 2.19. The highest BCUT2D eigenvalue weighted by molar-refractivity contribution is 6.06. The Kier molecular flexibility index (Phi) is 4.71. The molecule has 0 unspecified atom stereocenters. The Morgan fingerprint density at radius 1 is 0.862 bits per heavy atom. The molecule has 1 heterocycles. The van der Waals surface area contributed by atoms with Crippen molar-refractivity contribution in [1.29, 1.82) is 0 Å². The molecule has 0 aliphatic carbocycles. The molecule has 0 aliphatic rings. The normalized spacial score (nSPS) is 11.6. The third-order valence-corrected chi connectivity index (χ3v) is 4.71. The maximum atomic E-state index is 12.6. The largest absolute Gasteiger partial charge is 0.481 e. The van der Waals surface area contributed by atoms with E-state index in [0.717, 1.165) is 32.8 Å². The van der Waals surface area contributed by atoms with Crippen molar-refractivity contribution in [3.8, 4) is 17.0 Å². The van der Waals surface area contributed by atoms with Gasteiger partial charge in [0.2, 0.25) is 5.88 Å². The molecule has 4 rings (SSSR count). The van der Waals surface area contributed by atoms with E-state index < -0.39 is 5.60 Å². The molecule has 0 bridgehead atoms. The van der Waals surface area contributed by atoms with Gasteiger partial charge in [0.25, 0.3) is 0 Å². The van der Waals surface area contributed by atoms with E-state index in [2.05, 4.69) is 29.2 Å². The molecule has 146 valence electrons. The van der Waals surface area contributed by atoms with E-state index in [9.17, 15) is 4.79 Å². The van der Waals surface area contributed by atoms with E-state index in [0.29, 0.717) is 11.4 Å². The molecule has 0 amide bonds. The predicted octanol–water partition coefficient (Wildman–Crippen LogP) is 6.02. The maximum Gasteiger partial charge on any atom is 0.338 e. The summed E-state index contributed by atoms with van der Waals surface area (Å²) in [5.41, 5.74) is 2.74. The Hall–Kier alpha value is -3.40. The summed E-state index contributed by atoms with van der Waals surface area (Å²) in [6, 6.07) is 21.8. The number of pyridine rings is 1. The Labute approximate surface area is 170 Å². The van der Waals surface area contributed by atoms with E-state index in [1.807, 2.05) is 57.2 Å². The number of aromatic nitrogens is 1. The van der Waals surface area contributed by atoms with Crippen LogP contribution in [0.1, 0.15) is 31.1 Å². The first-order valence-corrected chi connectivity index (χ1v) is 9.56. The van der Waals surface area contributed by atoms with Crippen molar-refractivity contribution in [2.24, 2.45) is 0 Å². The minimum atomic E-state index is -0.553. The zero-order valence-corrected chi connectivity index (χ0v) is 17.0. The number of methoxy groups -OCH3 is 1. The van der Waals surface area contributed by atoms with Gasteiger partial charge in [-0.15, -0.1) is 0 Å². The van der Waals surface area contributed by atoms with Crippen molar-refractivity contribution in [1.82, 2.24) is 4.98 Å². The number of hydrogen-bond donors (Lipinski definition) is 0. The van der Waals surface area contributed by atoms with Crippen LogP contribution in [-0.4, -0.2) is 23.7 Å². The van der Waals surface area contributed by atoms with Crippen LogP contribution in [-0.2, 0) is 4.74 Å². The first-order chi connectivity index (χ1) is 13.9. The topological polar surface area (TPSA) is 48.4 Å². The molecule has 4 nitrogen and oxygen atoms in total.